The number of hydrogen-bond donors (Lipinski definition) is 2. The maximum Gasteiger partial charge on any atom is 0.241 e. The summed E-state index contributed by atoms with van der Waals surface area (Å²) in [5.74, 6) is 1.10. The first-order valence-corrected chi connectivity index (χ1v) is 9.89. The van der Waals surface area contributed by atoms with Gasteiger partial charge in [-0.3, -0.25) is 0 Å². The molecule has 4 nitrogen and oxygen atoms in total. The van der Waals surface area contributed by atoms with Gasteiger partial charge in [0.25, 0.3) is 0 Å². The molecule has 1 saturated carbocycles. The summed E-state index contributed by atoms with van der Waals surface area (Å²) in [7, 11) is -1.54. The molecule has 0 amide bonds. The SMILES string of the molecule is CNCc1cc(S(=O)(=O)NC2CCC(C)CC2C)c(C)s1. The van der Waals surface area contributed by atoms with Crippen LogP contribution in [0.1, 0.15) is 42.9 Å². The summed E-state index contributed by atoms with van der Waals surface area (Å²) in [6.45, 7) is 6.98. The second-order valence-corrected chi connectivity index (χ2v) is 9.31. The predicted octanol–water partition coefficient (Wildman–Crippen LogP) is 2.88. The molecule has 1 aliphatic rings. The van der Waals surface area contributed by atoms with E-state index in [9.17, 15) is 8.42 Å². The first-order chi connectivity index (χ1) is 9.83. The van der Waals surface area contributed by atoms with Crippen molar-refractivity contribution in [1.82, 2.24) is 10.0 Å². The third kappa shape index (κ3) is 4.06. The molecule has 1 aromatic rings. The summed E-state index contributed by atoms with van der Waals surface area (Å²) in [6.07, 6.45) is 3.14. The van der Waals surface area contributed by atoms with Gasteiger partial charge in [-0.25, -0.2) is 13.1 Å². The van der Waals surface area contributed by atoms with Crippen LogP contribution in [-0.2, 0) is 16.6 Å². The number of rotatable bonds is 5. The number of thiophene rings is 1. The number of sulfonamides is 1. The molecule has 0 aromatic carbocycles. The fraction of sp³-hybridized carbons (Fsp3) is 0.733. The zero-order valence-electron chi connectivity index (χ0n) is 13.3. The summed E-state index contributed by atoms with van der Waals surface area (Å²) >= 11 is 1.55. The van der Waals surface area contributed by atoms with Gasteiger partial charge in [0, 0.05) is 22.3 Å². The highest BCUT2D eigenvalue weighted by Gasteiger charge is 2.30. The molecule has 21 heavy (non-hydrogen) atoms. The van der Waals surface area contributed by atoms with Crippen LogP contribution in [0.15, 0.2) is 11.0 Å². The van der Waals surface area contributed by atoms with Crippen molar-refractivity contribution < 1.29 is 8.42 Å². The van der Waals surface area contributed by atoms with Crippen LogP contribution in [0.5, 0.6) is 0 Å². The van der Waals surface area contributed by atoms with Gasteiger partial charge in [-0.1, -0.05) is 13.8 Å². The van der Waals surface area contributed by atoms with Gasteiger partial charge in [0.15, 0.2) is 0 Å². The standard InChI is InChI=1S/C15H26N2O2S2/c1-10-5-6-14(11(2)7-10)17-21(18,19)15-8-13(9-16-4)20-12(15)3/h8,10-11,14,16-17H,5-7,9H2,1-4H3. The van der Waals surface area contributed by atoms with E-state index in [1.165, 1.54) is 0 Å². The second-order valence-electron chi connectivity index (χ2n) is 6.29. The molecular weight excluding hydrogens is 304 g/mol. The summed E-state index contributed by atoms with van der Waals surface area (Å²) in [6, 6.07) is 1.87. The lowest BCUT2D eigenvalue weighted by Crippen LogP contribution is -2.42. The predicted molar refractivity (Wildman–Crippen MR) is 88.1 cm³/mol. The minimum Gasteiger partial charge on any atom is -0.315 e. The molecule has 120 valence electrons. The molecule has 3 atom stereocenters. The maximum atomic E-state index is 12.6. The van der Waals surface area contributed by atoms with Gasteiger partial charge < -0.3 is 5.32 Å². The Hall–Kier alpha value is -0.430. The molecule has 1 aliphatic carbocycles. The molecule has 1 aromatic heterocycles. The molecule has 6 heteroatoms. The van der Waals surface area contributed by atoms with Crippen LogP contribution in [0.4, 0.5) is 0 Å². The highest BCUT2D eigenvalue weighted by atomic mass is 32.2. The summed E-state index contributed by atoms with van der Waals surface area (Å²) in [5, 5.41) is 3.06. The largest absolute Gasteiger partial charge is 0.315 e. The molecule has 3 unspecified atom stereocenters. The highest BCUT2D eigenvalue weighted by molar-refractivity contribution is 7.89. The zero-order valence-corrected chi connectivity index (χ0v) is 14.9. The third-order valence-corrected chi connectivity index (χ3v) is 7.10. The van der Waals surface area contributed by atoms with E-state index in [-0.39, 0.29) is 6.04 Å². The van der Waals surface area contributed by atoms with Crippen molar-refractivity contribution in [3.63, 3.8) is 0 Å². The Bertz CT molecular complexity index is 580. The Morgan fingerprint density at radius 3 is 2.67 bits per heavy atom. The van der Waals surface area contributed by atoms with Gasteiger partial charge in [0.05, 0.1) is 4.90 Å². The minimum absolute atomic E-state index is 0.0678. The monoisotopic (exact) mass is 330 g/mol. The van der Waals surface area contributed by atoms with Gasteiger partial charge in [-0.15, -0.1) is 11.3 Å². The Morgan fingerprint density at radius 1 is 1.33 bits per heavy atom. The van der Waals surface area contributed by atoms with Crippen molar-refractivity contribution in [3.05, 3.63) is 15.8 Å². The smallest absolute Gasteiger partial charge is 0.241 e. The van der Waals surface area contributed by atoms with E-state index in [1.807, 2.05) is 14.0 Å². The van der Waals surface area contributed by atoms with E-state index in [0.29, 0.717) is 23.3 Å². The van der Waals surface area contributed by atoms with E-state index in [0.717, 1.165) is 29.0 Å². The van der Waals surface area contributed by atoms with Crippen LogP contribution in [0.3, 0.4) is 0 Å². The van der Waals surface area contributed by atoms with E-state index in [1.54, 1.807) is 17.4 Å². The lowest BCUT2D eigenvalue weighted by atomic mass is 9.80. The lowest BCUT2D eigenvalue weighted by Gasteiger charge is -2.32. The Morgan fingerprint density at radius 2 is 2.05 bits per heavy atom. The molecule has 0 saturated heterocycles. The molecule has 0 aliphatic heterocycles. The van der Waals surface area contributed by atoms with Gasteiger partial charge in [-0.2, -0.15) is 0 Å². The quantitative estimate of drug-likeness (QED) is 0.873. The molecule has 2 rings (SSSR count). The fourth-order valence-corrected chi connectivity index (χ4v) is 6.18. The number of hydrogen-bond acceptors (Lipinski definition) is 4. The first kappa shape index (κ1) is 16.9. The lowest BCUT2D eigenvalue weighted by molar-refractivity contribution is 0.249. The normalized spacial score (nSPS) is 27.0. The van der Waals surface area contributed by atoms with Crippen molar-refractivity contribution in [3.8, 4) is 0 Å². The first-order valence-electron chi connectivity index (χ1n) is 7.59. The van der Waals surface area contributed by atoms with Crippen LogP contribution in [0.25, 0.3) is 0 Å². The van der Waals surface area contributed by atoms with Gasteiger partial charge in [0.1, 0.15) is 0 Å². The fourth-order valence-electron chi connectivity index (χ4n) is 3.16. The van der Waals surface area contributed by atoms with E-state index in [4.69, 9.17) is 0 Å². The average molecular weight is 331 g/mol. The van der Waals surface area contributed by atoms with Crippen molar-refractivity contribution >= 4 is 21.4 Å². The summed E-state index contributed by atoms with van der Waals surface area (Å²) < 4.78 is 28.2. The molecule has 2 N–H and O–H groups in total. The van der Waals surface area contributed by atoms with Crippen molar-refractivity contribution in [1.29, 1.82) is 0 Å². The minimum atomic E-state index is -3.41. The molecule has 0 spiro atoms. The van der Waals surface area contributed by atoms with Crippen LogP contribution < -0.4 is 10.0 Å². The van der Waals surface area contributed by atoms with Crippen LogP contribution in [-0.4, -0.2) is 21.5 Å². The van der Waals surface area contributed by atoms with E-state index in [2.05, 4.69) is 23.9 Å². The van der Waals surface area contributed by atoms with Crippen LogP contribution >= 0.6 is 11.3 Å². The molecule has 1 heterocycles. The summed E-state index contributed by atoms with van der Waals surface area (Å²) in [4.78, 5) is 2.37. The van der Waals surface area contributed by atoms with E-state index < -0.39 is 10.0 Å². The van der Waals surface area contributed by atoms with Crippen LogP contribution in [0.2, 0.25) is 0 Å². The average Bonchev–Trinajstić information content (AvgIpc) is 2.75. The zero-order chi connectivity index (χ0) is 15.6. The molecule has 0 bridgehead atoms. The number of aryl methyl sites for hydroxylation is 1. The Balaban J connectivity index is 2.15. The van der Waals surface area contributed by atoms with Gasteiger partial charge in [0.2, 0.25) is 10.0 Å². The molecule has 0 radical (unpaired) electrons. The Kier molecular flexibility index (Phi) is 5.46. The van der Waals surface area contributed by atoms with Crippen molar-refractivity contribution in [2.45, 2.75) is 57.5 Å². The Labute approximate surface area is 132 Å². The summed E-state index contributed by atoms with van der Waals surface area (Å²) in [5.41, 5.74) is 0. The number of nitrogens with one attached hydrogen (secondary N) is 2. The van der Waals surface area contributed by atoms with Gasteiger partial charge in [-0.05, 0) is 51.1 Å². The second kappa shape index (κ2) is 6.77. The van der Waals surface area contributed by atoms with E-state index >= 15 is 0 Å². The van der Waals surface area contributed by atoms with Crippen molar-refractivity contribution in [2.24, 2.45) is 11.8 Å². The van der Waals surface area contributed by atoms with Crippen LogP contribution in [0, 0.1) is 18.8 Å². The van der Waals surface area contributed by atoms with Crippen molar-refractivity contribution in [2.75, 3.05) is 7.05 Å². The highest BCUT2D eigenvalue weighted by Crippen LogP contribution is 2.31. The maximum absolute atomic E-state index is 12.6. The third-order valence-electron chi connectivity index (χ3n) is 4.30. The van der Waals surface area contributed by atoms with Gasteiger partial charge >= 0.3 is 0 Å². The topological polar surface area (TPSA) is 58.2 Å². The molecule has 1 fully saturated rings. The molecular formula is C15H26N2O2S2.